The van der Waals surface area contributed by atoms with E-state index < -0.39 is 30.3 Å². The Labute approximate surface area is 235 Å². The molecule has 1 saturated carbocycles. The first kappa shape index (κ1) is 23.3. The average molecular weight is 558 g/mol. The number of carbonyl (C=O) groups is 2. The van der Waals surface area contributed by atoms with Gasteiger partial charge in [0.25, 0.3) is 5.91 Å². The lowest BCUT2D eigenvalue weighted by Crippen LogP contribution is -2.31. The molecule has 3 aromatic rings. The van der Waals surface area contributed by atoms with Crippen molar-refractivity contribution in [2.45, 2.75) is 26.3 Å². The van der Waals surface area contributed by atoms with E-state index >= 15 is 0 Å². The van der Waals surface area contributed by atoms with Crippen molar-refractivity contribution < 1.29 is 23.2 Å². The fourth-order valence-corrected chi connectivity index (χ4v) is 5.28. The minimum absolute atomic E-state index is 0.0863. The van der Waals surface area contributed by atoms with E-state index in [1.165, 1.54) is 12.1 Å². The molecule has 2 aromatic carbocycles. The zero-order valence-electron chi connectivity index (χ0n) is 24.6. The van der Waals surface area contributed by atoms with Gasteiger partial charge in [-0.2, -0.15) is 5.10 Å². The van der Waals surface area contributed by atoms with Crippen LogP contribution < -0.4 is 20.4 Å². The van der Waals surface area contributed by atoms with E-state index in [0.29, 0.717) is 46.8 Å². The molecule has 11 heteroatoms. The quantitative estimate of drug-likeness (QED) is 0.370. The number of fused-ring (bicyclic) bond motifs is 1. The van der Waals surface area contributed by atoms with Crippen molar-refractivity contribution in [2.75, 3.05) is 48.3 Å². The molecule has 2 heterocycles. The van der Waals surface area contributed by atoms with Gasteiger partial charge in [0.2, 0.25) is 0 Å². The molecule has 3 N–H and O–H groups in total. The number of carbonyl (C=O) groups excluding carboxylic acids is 2. The molecule has 3 amide bonds. The predicted molar refractivity (Wildman–Crippen MR) is 150 cm³/mol. The first-order chi connectivity index (χ1) is 19.9. The van der Waals surface area contributed by atoms with Gasteiger partial charge in [-0.05, 0) is 56.4 Å². The molecule has 0 bridgehead atoms. The van der Waals surface area contributed by atoms with Crippen LogP contribution in [-0.2, 0) is 0 Å². The minimum atomic E-state index is -2.94. The number of aliphatic hydroxyl groups excluding tert-OH is 1. The SMILES string of the molecule is [2H]C([2H])([2H])N(C(=O)c1c(F)cccc1Cl)c1ccc(-c2cc(NC(=O)NCCO)nn2C(C)C)cc1N1CC2CC2C1. The van der Waals surface area contributed by atoms with Crippen molar-refractivity contribution >= 4 is 40.7 Å². The Kier molecular flexibility index (Phi) is 6.48. The number of nitrogens with one attached hydrogen (secondary N) is 2. The zero-order chi connectivity index (χ0) is 30.3. The number of rotatable bonds is 8. The van der Waals surface area contributed by atoms with Crippen molar-refractivity contribution in [3.05, 3.63) is 58.9 Å². The summed E-state index contributed by atoms with van der Waals surface area (Å²) in [5.74, 6) is -0.700. The van der Waals surface area contributed by atoms with Crippen LogP contribution in [0.1, 0.15) is 40.8 Å². The number of anilines is 3. The molecule has 0 spiro atoms. The lowest BCUT2D eigenvalue weighted by molar-refractivity contribution is 0.0989. The van der Waals surface area contributed by atoms with Gasteiger partial charge in [-0.25, -0.2) is 9.18 Å². The highest BCUT2D eigenvalue weighted by molar-refractivity contribution is 6.34. The summed E-state index contributed by atoms with van der Waals surface area (Å²) in [6, 6.07) is 9.88. The highest BCUT2D eigenvalue weighted by atomic mass is 35.5. The van der Waals surface area contributed by atoms with E-state index in [9.17, 15) is 14.0 Å². The van der Waals surface area contributed by atoms with Crippen molar-refractivity contribution in [1.82, 2.24) is 15.1 Å². The second-order valence-corrected chi connectivity index (χ2v) is 10.6. The first-order valence-corrected chi connectivity index (χ1v) is 13.2. The topological polar surface area (TPSA) is 103 Å². The standard InChI is InChI=1S/C28H32ClFN6O3/c1-16(2)36-23(13-25(33-36)32-28(39)31-9-10-37)17-7-8-22(24(12-17)35-14-18-11-19(18)15-35)34(3)27(38)26-20(29)5-4-6-21(26)30/h4-8,12-13,16,18-19,37H,9-11,14-15H2,1-3H3,(H2,31,32,33,39)/i3D3. The number of hydrogen-bond donors (Lipinski definition) is 3. The van der Waals surface area contributed by atoms with Crippen LogP contribution in [0.25, 0.3) is 11.3 Å². The van der Waals surface area contributed by atoms with Crippen LogP contribution >= 0.6 is 11.6 Å². The van der Waals surface area contributed by atoms with E-state index in [-0.39, 0.29) is 35.7 Å². The number of nitrogens with zero attached hydrogens (tertiary/aromatic N) is 4. The number of urea groups is 1. The third kappa shape index (κ3) is 5.44. The van der Waals surface area contributed by atoms with Crippen molar-refractivity contribution in [3.8, 4) is 11.3 Å². The Morgan fingerprint density at radius 3 is 2.69 bits per heavy atom. The lowest BCUT2D eigenvalue weighted by Gasteiger charge is -2.29. The highest BCUT2D eigenvalue weighted by Gasteiger charge is 2.45. The summed E-state index contributed by atoms with van der Waals surface area (Å²) < 4.78 is 41.3. The third-order valence-corrected chi connectivity index (χ3v) is 7.39. The fraction of sp³-hybridized carbons (Fsp3) is 0.393. The maximum atomic E-state index is 14.8. The second kappa shape index (κ2) is 10.9. The van der Waals surface area contributed by atoms with Gasteiger partial charge in [-0.1, -0.05) is 23.7 Å². The Hall–Kier alpha value is -3.63. The van der Waals surface area contributed by atoms with Crippen LogP contribution in [0.2, 0.25) is 5.02 Å². The van der Waals surface area contributed by atoms with Gasteiger partial charge < -0.3 is 20.2 Å². The summed E-state index contributed by atoms with van der Waals surface area (Å²) in [4.78, 5) is 28.6. The van der Waals surface area contributed by atoms with Crippen LogP contribution in [0.15, 0.2) is 42.5 Å². The highest BCUT2D eigenvalue weighted by Crippen LogP contribution is 2.48. The maximum absolute atomic E-state index is 14.8. The third-order valence-electron chi connectivity index (χ3n) is 7.08. The largest absolute Gasteiger partial charge is 0.395 e. The summed E-state index contributed by atoms with van der Waals surface area (Å²) in [5, 5.41) is 18.5. The zero-order valence-corrected chi connectivity index (χ0v) is 22.4. The van der Waals surface area contributed by atoms with Gasteiger partial charge in [0, 0.05) is 48.4 Å². The molecule has 2 aliphatic rings. The van der Waals surface area contributed by atoms with Crippen LogP contribution in [-0.4, -0.2) is 60.0 Å². The van der Waals surface area contributed by atoms with Crippen molar-refractivity contribution in [3.63, 3.8) is 0 Å². The number of hydrogen-bond acceptors (Lipinski definition) is 5. The maximum Gasteiger partial charge on any atom is 0.320 e. The summed E-state index contributed by atoms with van der Waals surface area (Å²) in [7, 11) is 0. The number of halogens is 2. The summed E-state index contributed by atoms with van der Waals surface area (Å²) >= 11 is 6.18. The smallest absolute Gasteiger partial charge is 0.320 e. The number of aromatic nitrogens is 2. The van der Waals surface area contributed by atoms with Crippen LogP contribution in [0.5, 0.6) is 0 Å². The van der Waals surface area contributed by atoms with Gasteiger partial charge in [-0.3, -0.25) is 14.8 Å². The van der Waals surface area contributed by atoms with Crippen LogP contribution in [0.4, 0.5) is 26.4 Å². The van der Waals surface area contributed by atoms with Gasteiger partial charge in [0.1, 0.15) is 5.82 Å². The Morgan fingerprint density at radius 1 is 1.26 bits per heavy atom. The van der Waals surface area contributed by atoms with E-state index in [2.05, 4.69) is 20.6 Å². The van der Waals surface area contributed by atoms with Crippen LogP contribution in [0.3, 0.4) is 0 Å². The first-order valence-electron chi connectivity index (χ1n) is 14.3. The normalized spacial score (nSPS) is 19.2. The molecule has 0 radical (unpaired) electrons. The number of piperidine rings is 1. The van der Waals surface area contributed by atoms with Gasteiger partial charge in [0.15, 0.2) is 5.82 Å². The minimum Gasteiger partial charge on any atom is -0.395 e. The molecule has 2 atom stereocenters. The van der Waals surface area contributed by atoms with Crippen LogP contribution in [0, 0.1) is 17.7 Å². The second-order valence-electron chi connectivity index (χ2n) is 10.2. The van der Waals surface area contributed by atoms with Gasteiger partial charge >= 0.3 is 6.03 Å². The van der Waals surface area contributed by atoms with Gasteiger partial charge in [0.05, 0.1) is 34.3 Å². The molecule has 206 valence electrons. The van der Waals surface area contributed by atoms with Gasteiger partial charge in [-0.15, -0.1) is 0 Å². The molecule has 5 rings (SSSR count). The molecule has 1 aromatic heterocycles. The fourth-order valence-electron chi connectivity index (χ4n) is 5.04. The van der Waals surface area contributed by atoms with E-state index in [0.717, 1.165) is 12.5 Å². The Morgan fingerprint density at radius 2 is 2.03 bits per heavy atom. The number of amides is 3. The molecule has 1 saturated heterocycles. The molecular formula is C28H32ClFN6O3. The predicted octanol–water partition coefficient (Wildman–Crippen LogP) is 4.77. The molecule has 2 unspecified atom stereocenters. The summed E-state index contributed by atoms with van der Waals surface area (Å²) in [6.07, 6.45) is 1.10. The molecule has 39 heavy (non-hydrogen) atoms. The van der Waals surface area contributed by atoms with E-state index in [1.54, 1.807) is 28.9 Å². The molecule has 1 aliphatic heterocycles. The summed E-state index contributed by atoms with van der Waals surface area (Å²) in [6.45, 7) is 2.21. The molecular weight excluding hydrogens is 523 g/mol. The molecule has 9 nitrogen and oxygen atoms in total. The average Bonchev–Trinajstić information content (AvgIpc) is 3.30. The number of aliphatic hydroxyl groups is 1. The lowest BCUT2D eigenvalue weighted by atomic mass is 10.1. The summed E-state index contributed by atoms with van der Waals surface area (Å²) in [5.41, 5.74) is 1.46. The Balaban J connectivity index is 1.60. The molecule has 2 fully saturated rings. The molecule has 1 aliphatic carbocycles. The van der Waals surface area contributed by atoms with Crippen molar-refractivity contribution in [2.24, 2.45) is 11.8 Å². The Bertz CT molecular complexity index is 1480. The van der Waals surface area contributed by atoms with E-state index in [1.807, 2.05) is 13.8 Å². The monoisotopic (exact) mass is 557 g/mol. The van der Waals surface area contributed by atoms with E-state index in [4.69, 9.17) is 20.8 Å². The number of benzene rings is 2. The van der Waals surface area contributed by atoms with Crippen molar-refractivity contribution in [1.29, 1.82) is 0 Å².